The molecule has 2 N–H and O–H groups in total. The lowest BCUT2D eigenvalue weighted by Gasteiger charge is -2.05. The Balaban J connectivity index is 1.63. The summed E-state index contributed by atoms with van der Waals surface area (Å²) in [5.74, 6) is 0. The number of carbonyl (C=O) groups is 1. The Hall–Kier alpha value is -3.42. The van der Waals surface area contributed by atoms with Crippen molar-refractivity contribution in [3.8, 4) is 0 Å². The molecular formula is C15H13N5O3. The molecule has 8 heteroatoms. The van der Waals surface area contributed by atoms with Crippen molar-refractivity contribution >= 4 is 28.7 Å². The van der Waals surface area contributed by atoms with Gasteiger partial charge in [-0.05, 0) is 27.8 Å². The number of rotatable bonds is 3. The first kappa shape index (κ1) is 14.5. The van der Waals surface area contributed by atoms with Crippen LogP contribution in [0.4, 0.5) is 10.5 Å². The van der Waals surface area contributed by atoms with Gasteiger partial charge in [-0.25, -0.2) is 10.2 Å². The lowest BCUT2D eigenvalue weighted by Crippen LogP contribution is -2.26. The largest absolute Gasteiger partial charge is 0.359 e. The van der Waals surface area contributed by atoms with E-state index in [0.29, 0.717) is 5.69 Å². The molecule has 3 rings (SSSR count). The maximum absolute atomic E-state index is 11.8. The summed E-state index contributed by atoms with van der Waals surface area (Å²) in [7, 11) is 0. The van der Waals surface area contributed by atoms with E-state index in [9.17, 15) is 10.0 Å². The minimum atomic E-state index is -0.507. The molecule has 0 aliphatic rings. The van der Waals surface area contributed by atoms with Gasteiger partial charge in [-0.15, -0.1) is 0 Å². The Kier molecular flexibility index (Phi) is 3.88. The lowest BCUT2D eigenvalue weighted by atomic mass is 10.1. The maximum atomic E-state index is 11.8. The molecule has 0 unspecified atom stereocenters. The second-order valence-electron chi connectivity index (χ2n) is 4.79. The Morgan fingerprint density at radius 3 is 2.83 bits per heavy atom. The van der Waals surface area contributed by atoms with E-state index >= 15 is 0 Å². The number of nitrogens with one attached hydrogen (secondary N) is 2. The van der Waals surface area contributed by atoms with Gasteiger partial charge in [0.15, 0.2) is 0 Å². The van der Waals surface area contributed by atoms with E-state index in [4.69, 9.17) is 0 Å². The molecule has 0 fully saturated rings. The molecule has 0 saturated carbocycles. The van der Waals surface area contributed by atoms with E-state index in [1.165, 1.54) is 13.1 Å². The average Bonchev–Trinajstić information content (AvgIpc) is 2.87. The van der Waals surface area contributed by atoms with E-state index in [2.05, 4.69) is 25.6 Å². The summed E-state index contributed by atoms with van der Waals surface area (Å²) in [5.41, 5.74) is 3.43. The summed E-state index contributed by atoms with van der Waals surface area (Å²) in [6, 6.07) is 12.9. The number of nitrogens with zero attached hydrogens (tertiary/aromatic N) is 3. The highest BCUT2D eigenvalue weighted by Gasteiger charge is 2.11. The Morgan fingerprint density at radius 2 is 2.09 bits per heavy atom. The second kappa shape index (κ2) is 6.14. The highest BCUT2D eigenvalue weighted by Crippen LogP contribution is 2.18. The van der Waals surface area contributed by atoms with Gasteiger partial charge in [0.1, 0.15) is 6.21 Å². The molecule has 2 aromatic carbocycles. The smallest absolute Gasteiger partial charge is 0.339 e. The summed E-state index contributed by atoms with van der Waals surface area (Å²) in [4.78, 5) is 12.0. The molecule has 0 radical (unpaired) electrons. The average molecular weight is 311 g/mol. The van der Waals surface area contributed by atoms with Crippen LogP contribution in [0.15, 0.2) is 52.2 Å². The van der Waals surface area contributed by atoms with Crippen LogP contribution < -0.4 is 15.6 Å². The monoisotopic (exact) mass is 311 g/mol. The van der Waals surface area contributed by atoms with E-state index in [1.54, 1.807) is 6.07 Å². The number of urea groups is 1. The maximum Gasteiger partial charge on any atom is 0.339 e. The fourth-order valence-corrected chi connectivity index (χ4v) is 2.00. The minimum absolute atomic E-state index is 0.242. The van der Waals surface area contributed by atoms with Crippen molar-refractivity contribution in [3.05, 3.63) is 59.1 Å². The van der Waals surface area contributed by atoms with Crippen LogP contribution in [0.3, 0.4) is 0 Å². The fraction of sp³-hybridized carbons (Fsp3) is 0.0667. The molecule has 0 atom stereocenters. The van der Waals surface area contributed by atoms with Crippen molar-refractivity contribution in [1.82, 2.24) is 10.6 Å². The van der Waals surface area contributed by atoms with Gasteiger partial charge in [-0.1, -0.05) is 30.3 Å². The number of hydrogen-bond donors (Lipinski definition) is 2. The first-order valence-electron chi connectivity index (χ1n) is 6.78. The summed E-state index contributed by atoms with van der Waals surface area (Å²) in [6.45, 7) is 1.53. The van der Waals surface area contributed by atoms with Crippen molar-refractivity contribution in [2.75, 3.05) is 5.32 Å². The normalized spacial score (nSPS) is 11.0. The van der Waals surface area contributed by atoms with Crippen LogP contribution in [0.2, 0.25) is 0 Å². The van der Waals surface area contributed by atoms with E-state index in [-0.39, 0.29) is 16.3 Å². The quantitative estimate of drug-likeness (QED) is 0.438. The number of hydrogen-bond acceptors (Lipinski definition) is 5. The van der Waals surface area contributed by atoms with Crippen LogP contribution >= 0.6 is 0 Å². The number of fused-ring (bicyclic) bond motifs is 1. The molecule has 3 aromatic rings. The van der Waals surface area contributed by atoms with Crippen LogP contribution in [0.1, 0.15) is 11.4 Å². The summed E-state index contributed by atoms with van der Waals surface area (Å²) in [5, 5.41) is 23.0. The highest BCUT2D eigenvalue weighted by atomic mass is 16.8. The SMILES string of the molecule is Cc1c(/C=N/NC(=O)Nc2ccc3ccccc3c2)no[n+]1[O-]. The van der Waals surface area contributed by atoms with Gasteiger partial charge in [0, 0.05) is 17.8 Å². The molecule has 0 bridgehead atoms. The van der Waals surface area contributed by atoms with Crippen LogP contribution in [0.5, 0.6) is 0 Å². The molecule has 2 amide bonds. The number of anilines is 1. The van der Waals surface area contributed by atoms with Gasteiger partial charge in [-0.2, -0.15) is 5.10 Å². The summed E-state index contributed by atoms with van der Waals surface area (Å²) in [6.07, 6.45) is 1.23. The third kappa shape index (κ3) is 3.26. The molecule has 1 heterocycles. The molecule has 1 aromatic heterocycles. The molecule has 0 spiro atoms. The predicted octanol–water partition coefficient (Wildman–Crippen LogP) is 1.93. The second-order valence-corrected chi connectivity index (χ2v) is 4.79. The summed E-state index contributed by atoms with van der Waals surface area (Å²) < 4.78 is 4.38. The van der Waals surface area contributed by atoms with E-state index < -0.39 is 6.03 Å². The number of hydrazone groups is 1. The minimum Gasteiger partial charge on any atom is -0.359 e. The van der Waals surface area contributed by atoms with Crippen LogP contribution in [0.25, 0.3) is 10.8 Å². The van der Waals surface area contributed by atoms with Crippen molar-refractivity contribution < 1.29 is 14.3 Å². The van der Waals surface area contributed by atoms with E-state index in [0.717, 1.165) is 10.8 Å². The van der Waals surface area contributed by atoms with Crippen LogP contribution in [-0.4, -0.2) is 17.4 Å². The molecule has 0 aliphatic heterocycles. The van der Waals surface area contributed by atoms with E-state index in [1.807, 2.05) is 36.4 Å². The number of carbonyl (C=O) groups excluding carboxylic acids is 1. The van der Waals surface area contributed by atoms with Gasteiger partial charge in [0.25, 0.3) is 5.69 Å². The lowest BCUT2D eigenvalue weighted by molar-refractivity contribution is -0.806. The number of aromatic nitrogens is 2. The fourth-order valence-electron chi connectivity index (χ4n) is 2.00. The third-order valence-electron chi connectivity index (χ3n) is 3.22. The zero-order valence-corrected chi connectivity index (χ0v) is 12.2. The molecular weight excluding hydrogens is 298 g/mol. The first-order chi connectivity index (χ1) is 11.1. The van der Waals surface area contributed by atoms with Gasteiger partial charge in [0.05, 0.1) is 0 Å². The predicted molar refractivity (Wildman–Crippen MR) is 83.9 cm³/mol. The number of benzene rings is 2. The van der Waals surface area contributed by atoms with Gasteiger partial charge >= 0.3 is 6.03 Å². The third-order valence-corrected chi connectivity index (χ3v) is 3.22. The summed E-state index contributed by atoms with van der Waals surface area (Å²) >= 11 is 0. The number of amides is 2. The molecule has 0 saturated heterocycles. The molecule has 23 heavy (non-hydrogen) atoms. The van der Waals surface area contributed by atoms with Crippen molar-refractivity contribution in [1.29, 1.82) is 0 Å². The topological polar surface area (TPSA) is 106 Å². The van der Waals surface area contributed by atoms with Crippen molar-refractivity contribution in [2.45, 2.75) is 6.92 Å². The zero-order chi connectivity index (χ0) is 16.2. The Labute approximate surface area is 130 Å². The first-order valence-corrected chi connectivity index (χ1v) is 6.78. The van der Waals surface area contributed by atoms with Gasteiger partial charge in [0.2, 0.25) is 5.69 Å². The van der Waals surface area contributed by atoms with Crippen LogP contribution in [-0.2, 0) is 0 Å². The Bertz CT molecular complexity index is 888. The highest BCUT2D eigenvalue weighted by molar-refractivity contribution is 5.93. The van der Waals surface area contributed by atoms with Gasteiger partial charge < -0.3 is 10.5 Å². The molecule has 0 aliphatic carbocycles. The standard InChI is InChI=1S/C15H13N5O3/c1-10-14(19-23-20(10)22)9-16-18-15(21)17-13-7-6-11-4-2-3-5-12(11)8-13/h2-9H,1H3,(H2,17,18,21)/b16-9+. The Morgan fingerprint density at radius 1 is 1.30 bits per heavy atom. The molecule has 116 valence electrons. The van der Waals surface area contributed by atoms with Crippen LogP contribution in [0, 0.1) is 12.1 Å². The van der Waals surface area contributed by atoms with Crippen molar-refractivity contribution in [3.63, 3.8) is 0 Å². The van der Waals surface area contributed by atoms with Gasteiger partial charge in [-0.3, -0.25) is 4.63 Å². The molecule has 8 nitrogen and oxygen atoms in total. The zero-order valence-electron chi connectivity index (χ0n) is 12.2. The van der Waals surface area contributed by atoms with Crippen molar-refractivity contribution in [2.24, 2.45) is 5.10 Å².